The minimum absolute atomic E-state index is 0.0872. The van der Waals surface area contributed by atoms with Gasteiger partial charge in [-0.25, -0.2) is 0 Å². The van der Waals surface area contributed by atoms with Crippen LogP contribution in [-0.4, -0.2) is 77.2 Å². The third kappa shape index (κ3) is 5.55. The highest BCUT2D eigenvalue weighted by Crippen LogP contribution is 2.56. The molecule has 0 unspecified atom stereocenters. The average molecular weight is 634 g/mol. The molecule has 2 saturated heterocycles. The molecule has 3 amide bonds. The molecule has 4 aliphatic rings. The first-order valence-electron chi connectivity index (χ1n) is 15.3. The number of halogens is 1. The number of cyclic esters (lactones) is 1. The number of carbonyl (C=O) groups is 4. The molecule has 45 heavy (non-hydrogen) atoms. The number of hydrogen-bond acceptors (Lipinski definition) is 7. The topological polar surface area (TPSA) is 125 Å². The van der Waals surface area contributed by atoms with Crippen LogP contribution in [0, 0.1) is 11.8 Å². The van der Waals surface area contributed by atoms with Gasteiger partial charge in [-0.3, -0.25) is 19.2 Å². The second-order valence-corrected chi connectivity index (χ2v) is 12.2. The summed E-state index contributed by atoms with van der Waals surface area (Å²) in [5, 5.41) is 13.9. The number of hydrogen-bond donors (Lipinski definition) is 2. The van der Waals surface area contributed by atoms with Gasteiger partial charge in [0.1, 0.15) is 18.2 Å². The summed E-state index contributed by atoms with van der Waals surface area (Å²) in [7, 11) is 0. The number of fused-ring (bicyclic) bond motifs is 2. The van der Waals surface area contributed by atoms with Gasteiger partial charge in [0.2, 0.25) is 11.8 Å². The number of likely N-dealkylation sites (tertiary alicyclic amines) is 1. The Morgan fingerprint density at radius 1 is 1.04 bits per heavy atom. The highest BCUT2D eigenvalue weighted by molar-refractivity contribution is 6.30. The van der Waals surface area contributed by atoms with E-state index in [2.05, 4.69) is 5.32 Å². The highest BCUT2D eigenvalue weighted by atomic mass is 35.5. The summed E-state index contributed by atoms with van der Waals surface area (Å²) in [6, 6.07) is 13.5. The van der Waals surface area contributed by atoms with Crippen LogP contribution < -0.4 is 10.2 Å². The summed E-state index contributed by atoms with van der Waals surface area (Å²) < 4.78 is 12.1. The van der Waals surface area contributed by atoms with E-state index in [1.807, 2.05) is 37.3 Å². The van der Waals surface area contributed by atoms with Gasteiger partial charge in [0.05, 0.1) is 36.6 Å². The first-order chi connectivity index (χ1) is 21.8. The van der Waals surface area contributed by atoms with Crippen LogP contribution >= 0.6 is 11.6 Å². The van der Waals surface area contributed by atoms with Crippen molar-refractivity contribution in [1.82, 2.24) is 10.2 Å². The number of nitrogens with zero attached hydrogens (tertiary/aromatic N) is 2. The van der Waals surface area contributed by atoms with Crippen molar-refractivity contribution in [1.29, 1.82) is 0 Å². The second kappa shape index (κ2) is 12.8. The Kier molecular flexibility index (Phi) is 8.81. The molecule has 7 atom stereocenters. The molecule has 2 N–H and O–H groups in total. The van der Waals surface area contributed by atoms with Crippen molar-refractivity contribution in [2.45, 2.75) is 56.0 Å². The molecular weight excluding hydrogens is 598 g/mol. The average Bonchev–Trinajstić information content (AvgIpc) is 3.69. The molecule has 5 bridgehead atoms. The largest absolute Gasteiger partial charge is 0.463 e. The van der Waals surface area contributed by atoms with Gasteiger partial charge in [0, 0.05) is 23.7 Å². The number of allylic oxidation sites excluding steroid dienone is 1. The van der Waals surface area contributed by atoms with E-state index in [0.717, 1.165) is 5.56 Å². The number of esters is 1. The van der Waals surface area contributed by atoms with Crippen LogP contribution in [0.25, 0.3) is 0 Å². The maximum absolute atomic E-state index is 14.8. The number of nitrogens with one attached hydrogen (secondary N) is 1. The second-order valence-electron chi connectivity index (χ2n) is 11.8. The molecule has 0 aliphatic carbocycles. The summed E-state index contributed by atoms with van der Waals surface area (Å²) in [5.74, 6) is -3.65. The Morgan fingerprint density at radius 3 is 2.51 bits per heavy atom. The summed E-state index contributed by atoms with van der Waals surface area (Å²) >= 11 is 6.16. The van der Waals surface area contributed by atoms with Gasteiger partial charge in [0.25, 0.3) is 5.91 Å². The molecule has 0 radical (unpaired) electrons. The summed E-state index contributed by atoms with van der Waals surface area (Å²) in [4.78, 5) is 58.9. The maximum atomic E-state index is 14.8. The van der Waals surface area contributed by atoms with Crippen molar-refractivity contribution in [3.8, 4) is 0 Å². The molecule has 11 heteroatoms. The minimum atomic E-state index is -1.42. The molecule has 10 nitrogen and oxygen atoms in total. The maximum Gasteiger partial charge on any atom is 0.306 e. The van der Waals surface area contributed by atoms with Crippen LogP contribution in [0.2, 0.25) is 5.02 Å². The van der Waals surface area contributed by atoms with Crippen LogP contribution in [0.15, 0.2) is 78.9 Å². The third-order valence-electron chi connectivity index (χ3n) is 9.23. The molecule has 1 spiro atoms. The van der Waals surface area contributed by atoms with Crippen LogP contribution in [-0.2, 0) is 28.7 Å². The molecule has 4 heterocycles. The van der Waals surface area contributed by atoms with E-state index >= 15 is 0 Å². The molecule has 4 aliphatic heterocycles. The highest BCUT2D eigenvalue weighted by Gasteiger charge is 2.73. The standard InChI is InChI=1S/C34H36ClN3O7/c1-2-23(19-39)38-30-33(43)37(24-14-12-22(35)13-15-24)18-8-4-7-11-27(40)44-20-25(21-9-5-3-6-10-21)36-31(41)28-26-16-17-34(30,45-26)29(28)32(38)42/h3-6,8-10,12-17,23,25-26,28-30,39H,2,7,11,18-20H2,1H3,(H,36,41)/b8-4-/t23-,25+,26+,28-,29-,30+,34-/m0/s1. The number of carbonyl (C=O) groups excluding carboxylic acids is 4. The number of ether oxygens (including phenoxy) is 2. The van der Waals surface area contributed by atoms with E-state index in [0.29, 0.717) is 23.6 Å². The van der Waals surface area contributed by atoms with Gasteiger partial charge in [-0.1, -0.05) is 73.2 Å². The Morgan fingerprint density at radius 2 is 1.80 bits per heavy atom. The van der Waals surface area contributed by atoms with Crippen LogP contribution in [0.3, 0.4) is 0 Å². The van der Waals surface area contributed by atoms with Gasteiger partial charge in [0.15, 0.2) is 0 Å². The molecule has 2 fully saturated rings. The first kappa shape index (κ1) is 31.0. The normalized spacial score (nSPS) is 31.5. The lowest BCUT2D eigenvalue weighted by molar-refractivity contribution is -0.146. The lowest BCUT2D eigenvalue weighted by Gasteiger charge is -2.38. The van der Waals surface area contributed by atoms with Gasteiger partial charge in [-0.15, -0.1) is 0 Å². The van der Waals surface area contributed by atoms with E-state index in [4.69, 9.17) is 21.1 Å². The lowest BCUT2D eigenvalue weighted by Crippen LogP contribution is -2.58. The van der Waals surface area contributed by atoms with E-state index in [1.165, 1.54) is 4.90 Å². The van der Waals surface area contributed by atoms with Crippen molar-refractivity contribution in [3.63, 3.8) is 0 Å². The number of aliphatic hydroxyl groups excluding tert-OH is 1. The Labute approximate surface area is 266 Å². The number of amides is 3. The fourth-order valence-electron chi connectivity index (χ4n) is 7.01. The predicted octanol–water partition coefficient (Wildman–Crippen LogP) is 3.35. The van der Waals surface area contributed by atoms with Gasteiger partial charge < -0.3 is 29.7 Å². The van der Waals surface area contributed by atoms with Gasteiger partial charge >= 0.3 is 5.97 Å². The van der Waals surface area contributed by atoms with Crippen molar-refractivity contribution < 1.29 is 33.8 Å². The number of anilines is 1. The molecule has 0 aromatic heterocycles. The first-order valence-corrected chi connectivity index (χ1v) is 15.7. The van der Waals surface area contributed by atoms with Crippen molar-refractivity contribution in [2.24, 2.45) is 11.8 Å². The zero-order chi connectivity index (χ0) is 31.7. The predicted molar refractivity (Wildman–Crippen MR) is 166 cm³/mol. The summed E-state index contributed by atoms with van der Waals surface area (Å²) in [6.07, 6.45) is 7.23. The van der Waals surface area contributed by atoms with Crippen LogP contribution in [0.1, 0.15) is 37.8 Å². The van der Waals surface area contributed by atoms with Crippen molar-refractivity contribution >= 4 is 41.0 Å². The number of aliphatic hydroxyl groups is 1. The van der Waals surface area contributed by atoms with Gasteiger partial charge in [-0.05, 0) is 42.7 Å². The monoisotopic (exact) mass is 633 g/mol. The molecule has 2 aromatic rings. The van der Waals surface area contributed by atoms with Crippen molar-refractivity contribution in [2.75, 3.05) is 24.7 Å². The minimum Gasteiger partial charge on any atom is -0.463 e. The van der Waals surface area contributed by atoms with E-state index in [1.54, 1.807) is 53.5 Å². The SMILES string of the molecule is CC[C@@H](CO)N1C(=O)[C@@H]2[C@H]3C(=O)N[C@@H](c4ccccc4)COC(=O)CC/C=C\CN(c4ccc(Cl)cc4)C(=O)[C@@H]1[C@]21C=C[C@H]3O1. The Hall–Kier alpha value is -3.99. The molecule has 236 valence electrons. The van der Waals surface area contributed by atoms with Crippen molar-refractivity contribution in [3.05, 3.63) is 89.5 Å². The fourth-order valence-corrected chi connectivity index (χ4v) is 7.13. The fraction of sp³-hybridized carbons (Fsp3) is 0.412. The summed E-state index contributed by atoms with van der Waals surface area (Å²) in [6.45, 7) is 1.53. The smallest absolute Gasteiger partial charge is 0.306 e. The van der Waals surface area contributed by atoms with Crippen LogP contribution in [0.4, 0.5) is 5.69 Å². The molecule has 6 rings (SSSR count). The Bertz CT molecular complexity index is 1510. The molecular formula is C34H36ClN3O7. The zero-order valence-corrected chi connectivity index (χ0v) is 25.6. The van der Waals surface area contributed by atoms with E-state index < -0.39 is 65.4 Å². The van der Waals surface area contributed by atoms with Crippen LogP contribution in [0.5, 0.6) is 0 Å². The quantitative estimate of drug-likeness (QED) is 0.382. The summed E-state index contributed by atoms with van der Waals surface area (Å²) in [5.41, 5.74) is -0.129. The molecule has 2 aromatic carbocycles. The number of rotatable bonds is 5. The number of benzene rings is 2. The third-order valence-corrected chi connectivity index (χ3v) is 9.48. The van der Waals surface area contributed by atoms with Gasteiger partial charge in [-0.2, -0.15) is 0 Å². The molecule has 0 saturated carbocycles. The van der Waals surface area contributed by atoms with E-state index in [9.17, 15) is 24.3 Å². The zero-order valence-electron chi connectivity index (χ0n) is 24.9. The lowest BCUT2D eigenvalue weighted by atomic mass is 9.74. The van der Waals surface area contributed by atoms with E-state index in [-0.39, 0.29) is 26.2 Å². The Balaban J connectivity index is 1.45.